The quantitative estimate of drug-likeness (QED) is 0.691. The van der Waals surface area contributed by atoms with E-state index in [9.17, 15) is 4.39 Å². The summed E-state index contributed by atoms with van der Waals surface area (Å²) in [6.07, 6.45) is 1.52. The number of pyridine rings is 1. The van der Waals surface area contributed by atoms with Crippen LogP contribution in [-0.4, -0.2) is 4.98 Å². The fraction of sp³-hybridized carbons (Fsp3) is 0.286. The van der Waals surface area contributed by atoms with Crippen molar-refractivity contribution in [3.63, 3.8) is 0 Å². The van der Waals surface area contributed by atoms with Crippen molar-refractivity contribution in [3.05, 3.63) is 41.3 Å². The van der Waals surface area contributed by atoms with E-state index < -0.39 is 0 Å². The zero-order chi connectivity index (χ0) is 12.6. The predicted molar refractivity (Wildman–Crippen MR) is 65.1 cm³/mol. The van der Waals surface area contributed by atoms with Crippen LogP contribution in [0, 0.1) is 17.1 Å². The molecular formula is C14H13FN2. The molecule has 0 atom stereocenters. The average molecular weight is 228 g/mol. The molecule has 1 heterocycles. The second-order valence-electron chi connectivity index (χ2n) is 5.07. The standard InChI is InChI=1S/C14H13FN2/c1-14(2,3)13-9(7-16)8-17-12-6-10(15)4-5-11(12)13/h4-6,8H,1-3H3. The van der Waals surface area contributed by atoms with E-state index in [1.807, 2.05) is 20.8 Å². The topological polar surface area (TPSA) is 36.7 Å². The Hall–Kier alpha value is -1.95. The Balaban J connectivity index is 2.90. The molecule has 17 heavy (non-hydrogen) atoms. The summed E-state index contributed by atoms with van der Waals surface area (Å²) in [5.41, 5.74) is 1.89. The molecular weight excluding hydrogens is 215 g/mol. The number of hydrogen-bond donors (Lipinski definition) is 0. The summed E-state index contributed by atoms with van der Waals surface area (Å²) < 4.78 is 13.1. The first-order valence-electron chi connectivity index (χ1n) is 5.42. The van der Waals surface area contributed by atoms with E-state index >= 15 is 0 Å². The SMILES string of the molecule is CC(C)(C)c1c(C#N)cnc2cc(F)ccc12. The molecule has 2 rings (SSSR count). The normalized spacial score (nSPS) is 11.5. The highest BCUT2D eigenvalue weighted by molar-refractivity contribution is 5.85. The largest absolute Gasteiger partial charge is 0.255 e. The van der Waals surface area contributed by atoms with E-state index in [2.05, 4.69) is 11.1 Å². The molecule has 0 radical (unpaired) electrons. The molecule has 1 aromatic heterocycles. The van der Waals surface area contributed by atoms with Crippen LogP contribution in [0.2, 0.25) is 0 Å². The van der Waals surface area contributed by atoms with Crippen LogP contribution in [0.5, 0.6) is 0 Å². The van der Waals surface area contributed by atoms with E-state index in [1.54, 1.807) is 6.07 Å². The zero-order valence-corrected chi connectivity index (χ0v) is 10.1. The highest BCUT2D eigenvalue weighted by Gasteiger charge is 2.21. The predicted octanol–water partition coefficient (Wildman–Crippen LogP) is 3.54. The van der Waals surface area contributed by atoms with Crippen LogP contribution in [0.3, 0.4) is 0 Å². The van der Waals surface area contributed by atoms with Gasteiger partial charge in [-0.1, -0.05) is 20.8 Å². The number of halogens is 1. The van der Waals surface area contributed by atoms with Crippen LogP contribution in [0.25, 0.3) is 10.9 Å². The highest BCUT2D eigenvalue weighted by atomic mass is 19.1. The first-order valence-corrected chi connectivity index (χ1v) is 5.42. The van der Waals surface area contributed by atoms with Crippen molar-refractivity contribution >= 4 is 10.9 Å². The Morgan fingerprint density at radius 1 is 1.29 bits per heavy atom. The number of benzene rings is 1. The van der Waals surface area contributed by atoms with Crippen LogP contribution in [0.4, 0.5) is 4.39 Å². The molecule has 0 amide bonds. The maximum absolute atomic E-state index is 13.1. The molecule has 2 aromatic rings. The van der Waals surface area contributed by atoms with Gasteiger partial charge in [0.1, 0.15) is 11.9 Å². The molecule has 86 valence electrons. The lowest BCUT2D eigenvalue weighted by atomic mass is 9.82. The van der Waals surface area contributed by atoms with Crippen LogP contribution in [0.1, 0.15) is 31.9 Å². The molecule has 0 saturated carbocycles. The molecule has 0 fully saturated rings. The first-order chi connectivity index (χ1) is 7.93. The number of hydrogen-bond acceptors (Lipinski definition) is 2. The minimum Gasteiger partial charge on any atom is -0.255 e. The third-order valence-corrected chi connectivity index (χ3v) is 2.70. The molecule has 1 aromatic carbocycles. The number of fused-ring (bicyclic) bond motifs is 1. The van der Waals surface area contributed by atoms with Crippen molar-refractivity contribution in [1.29, 1.82) is 5.26 Å². The fourth-order valence-electron chi connectivity index (χ4n) is 2.06. The fourth-order valence-corrected chi connectivity index (χ4v) is 2.06. The van der Waals surface area contributed by atoms with Crippen molar-refractivity contribution in [2.75, 3.05) is 0 Å². The van der Waals surface area contributed by atoms with Gasteiger partial charge in [0, 0.05) is 17.6 Å². The maximum atomic E-state index is 13.1. The monoisotopic (exact) mass is 228 g/mol. The summed E-state index contributed by atoms with van der Waals surface area (Å²) in [4.78, 5) is 4.12. The molecule has 2 nitrogen and oxygen atoms in total. The number of rotatable bonds is 0. The van der Waals surface area contributed by atoms with Gasteiger partial charge in [-0.3, -0.25) is 4.98 Å². The molecule has 0 bridgehead atoms. The van der Waals surface area contributed by atoms with Crippen molar-refractivity contribution < 1.29 is 4.39 Å². The summed E-state index contributed by atoms with van der Waals surface area (Å²) >= 11 is 0. The van der Waals surface area contributed by atoms with Gasteiger partial charge in [0.25, 0.3) is 0 Å². The van der Waals surface area contributed by atoms with E-state index in [0.717, 1.165) is 10.9 Å². The summed E-state index contributed by atoms with van der Waals surface area (Å²) in [5, 5.41) is 9.98. The Bertz CT molecular complexity index is 618. The summed E-state index contributed by atoms with van der Waals surface area (Å²) in [6.45, 7) is 6.10. The second-order valence-corrected chi connectivity index (χ2v) is 5.07. The van der Waals surface area contributed by atoms with Crippen molar-refractivity contribution in [2.45, 2.75) is 26.2 Å². The van der Waals surface area contributed by atoms with Gasteiger partial charge in [-0.2, -0.15) is 5.26 Å². The summed E-state index contributed by atoms with van der Waals surface area (Å²) in [6, 6.07) is 6.64. The zero-order valence-electron chi connectivity index (χ0n) is 10.1. The van der Waals surface area contributed by atoms with Gasteiger partial charge in [-0.15, -0.1) is 0 Å². The van der Waals surface area contributed by atoms with Gasteiger partial charge < -0.3 is 0 Å². The summed E-state index contributed by atoms with van der Waals surface area (Å²) in [5.74, 6) is -0.311. The van der Waals surface area contributed by atoms with Crippen LogP contribution < -0.4 is 0 Å². The van der Waals surface area contributed by atoms with Gasteiger partial charge in [-0.05, 0) is 23.1 Å². The van der Waals surface area contributed by atoms with Crippen LogP contribution >= 0.6 is 0 Å². The molecule has 0 aliphatic heterocycles. The van der Waals surface area contributed by atoms with Gasteiger partial charge in [-0.25, -0.2) is 4.39 Å². The lowest BCUT2D eigenvalue weighted by Crippen LogP contribution is -2.14. The number of nitriles is 1. The van der Waals surface area contributed by atoms with Gasteiger partial charge in [0.15, 0.2) is 0 Å². The first kappa shape index (κ1) is 11.5. The molecule has 0 aliphatic carbocycles. The van der Waals surface area contributed by atoms with Gasteiger partial charge in [0.05, 0.1) is 11.1 Å². The Kier molecular flexibility index (Phi) is 2.59. The van der Waals surface area contributed by atoms with E-state index in [1.165, 1.54) is 18.3 Å². The third-order valence-electron chi connectivity index (χ3n) is 2.70. The van der Waals surface area contributed by atoms with Crippen molar-refractivity contribution in [2.24, 2.45) is 0 Å². The Morgan fingerprint density at radius 2 is 2.00 bits per heavy atom. The third kappa shape index (κ3) is 1.99. The average Bonchev–Trinajstić information content (AvgIpc) is 2.25. The molecule has 0 N–H and O–H groups in total. The van der Waals surface area contributed by atoms with E-state index in [4.69, 9.17) is 5.26 Å². The lowest BCUT2D eigenvalue weighted by Gasteiger charge is -2.22. The Morgan fingerprint density at radius 3 is 2.59 bits per heavy atom. The van der Waals surface area contributed by atoms with Crippen molar-refractivity contribution in [3.8, 4) is 6.07 Å². The molecule has 0 aliphatic rings. The number of aromatic nitrogens is 1. The van der Waals surface area contributed by atoms with E-state index in [0.29, 0.717) is 11.1 Å². The molecule has 3 heteroatoms. The number of nitrogens with zero attached hydrogens (tertiary/aromatic N) is 2. The molecule has 0 saturated heterocycles. The minimum absolute atomic E-state index is 0.177. The van der Waals surface area contributed by atoms with E-state index in [-0.39, 0.29) is 11.2 Å². The van der Waals surface area contributed by atoms with Crippen LogP contribution in [0.15, 0.2) is 24.4 Å². The van der Waals surface area contributed by atoms with Gasteiger partial charge >= 0.3 is 0 Å². The molecule has 0 spiro atoms. The molecule has 0 unspecified atom stereocenters. The minimum atomic E-state index is -0.311. The summed E-state index contributed by atoms with van der Waals surface area (Å²) in [7, 11) is 0. The maximum Gasteiger partial charge on any atom is 0.125 e. The Labute approximate surface area is 99.7 Å². The van der Waals surface area contributed by atoms with Gasteiger partial charge in [0.2, 0.25) is 0 Å². The van der Waals surface area contributed by atoms with Crippen LogP contribution in [-0.2, 0) is 5.41 Å². The second kappa shape index (κ2) is 3.81. The lowest BCUT2D eigenvalue weighted by molar-refractivity contribution is 0.593. The smallest absolute Gasteiger partial charge is 0.125 e. The van der Waals surface area contributed by atoms with Crippen molar-refractivity contribution in [1.82, 2.24) is 4.98 Å². The highest BCUT2D eigenvalue weighted by Crippen LogP contribution is 2.31.